The second-order valence-corrected chi connectivity index (χ2v) is 13.1. The minimum absolute atomic E-state index is 0.0511. The Morgan fingerprint density at radius 2 is 1.83 bits per heavy atom. The Kier molecular flexibility index (Phi) is 8.45. The molecule has 1 saturated carbocycles. The van der Waals surface area contributed by atoms with Gasteiger partial charge in [0.25, 0.3) is 11.6 Å². The molecule has 42 heavy (non-hydrogen) atoms. The molecule has 5 rings (SSSR count). The molecular weight excluding hydrogens is 524 g/mol. The van der Waals surface area contributed by atoms with Gasteiger partial charge in [0.2, 0.25) is 0 Å². The van der Waals surface area contributed by atoms with Crippen LogP contribution in [0.25, 0.3) is 0 Å². The zero-order valence-corrected chi connectivity index (χ0v) is 25.7. The number of non-ortho nitro benzene ring substituents is 1. The van der Waals surface area contributed by atoms with Crippen LogP contribution in [0.4, 0.5) is 5.69 Å². The fraction of sp³-hybridized carbons (Fsp3) is 0.472. The van der Waals surface area contributed by atoms with E-state index in [1.54, 1.807) is 12.1 Å². The first-order chi connectivity index (χ1) is 20.0. The van der Waals surface area contributed by atoms with Crippen LogP contribution in [-0.2, 0) is 18.4 Å². The Bertz CT molecular complexity index is 1450. The second kappa shape index (κ2) is 11.9. The van der Waals surface area contributed by atoms with Gasteiger partial charge in [-0.05, 0) is 95.7 Å². The van der Waals surface area contributed by atoms with Gasteiger partial charge in [0.15, 0.2) is 0 Å². The molecule has 1 amide bonds. The summed E-state index contributed by atoms with van der Waals surface area (Å²) < 4.78 is 5.63. The fourth-order valence-corrected chi connectivity index (χ4v) is 7.84. The molecule has 0 aromatic heterocycles. The third-order valence-electron chi connectivity index (χ3n) is 9.92. The minimum Gasteiger partial charge on any atom is -0.494 e. The van der Waals surface area contributed by atoms with Gasteiger partial charge >= 0.3 is 0 Å². The van der Waals surface area contributed by atoms with Gasteiger partial charge in [-0.15, -0.1) is 0 Å². The summed E-state index contributed by atoms with van der Waals surface area (Å²) in [6.45, 7) is 12.9. The van der Waals surface area contributed by atoms with E-state index in [4.69, 9.17) is 4.74 Å². The lowest BCUT2D eigenvalue weighted by molar-refractivity contribution is -0.384. The van der Waals surface area contributed by atoms with Crippen molar-refractivity contribution in [2.75, 3.05) is 13.2 Å². The second-order valence-electron chi connectivity index (χ2n) is 13.1. The van der Waals surface area contributed by atoms with E-state index in [0.29, 0.717) is 37.1 Å². The van der Waals surface area contributed by atoms with Gasteiger partial charge in [0.1, 0.15) is 5.75 Å². The first-order valence-electron chi connectivity index (χ1n) is 15.4. The number of amides is 1. The molecule has 222 valence electrons. The number of nitro groups is 1. The van der Waals surface area contributed by atoms with E-state index >= 15 is 0 Å². The minimum atomic E-state index is -0.439. The zero-order valence-electron chi connectivity index (χ0n) is 25.7. The molecule has 0 heterocycles. The number of fused-ring (bicyclic) bond motifs is 3. The highest BCUT2D eigenvalue weighted by Gasteiger charge is 2.52. The van der Waals surface area contributed by atoms with Gasteiger partial charge in [0, 0.05) is 30.8 Å². The van der Waals surface area contributed by atoms with Crippen molar-refractivity contribution in [1.29, 1.82) is 0 Å². The Morgan fingerprint density at radius 1 is 1.07 bits per heavy atom. The topological polar surface area (TPSA) is 72.7 Å². The van der Waals surface area contributed by atoms with Crippen molar-refractivity contribution in [2.45, 2.75) is 84.6 Å². The lowest BCUT2D eigenvalue weighted by Crippen LogP contribution is -2.53. The van der Waals surface area contributed by atoms with E-state index in [9.17, 15) is 14.9 Å². The summed E-state index contributed by atoms with van der Waals surface area (Å²) in [6, 6.07) is 21.2. The molecule has 0 aliphatic heterocycles. The van der Waals surface area contributed by atoms with Crippen molar-refractivity contribution in [3.8, 4) is 5.75 Å². The summed E-state index contributed by atoms with van der Waals surface area (Å²) in [6.07, 6.45) is 5.47. The molecule has 3 unspecified atom stereocenters. The molecule has 3 aromatic carbocycles. The third kappa shape index (κ3) is 5.81. The maximum atomic E-state index is 14.1. The van der Waals surface area contributed by atoms with Crippen molar-refractivity contribution in [1.82, 2.24) is 4.90 Å². The van der Waals surface area contributed by atoms with Crippen molar-refractivity contribution in [3.63, 3.8) is 0 Å². The van der Waals surface area contributed by atoms with Crippen LogP contribution in [0.15, 0.2) is 66.7 Å². The quantitative estimate of drug-likeness (QED) is 0.192. The zero-order chi connectivity index (χ0) is 30.1. The van der Waals surface area contributed by atoms with E-state index in [-0.39, 0.29) is 22.4 Å². The van der Waals surface area contributed by atoms with Gasteiger partial charge in [-0.1, -0.05) is 70.5 Å². The van der Waals surface area contributed by atoms with Crippen molar-refractivity contribution < 1.29 is 14.5 Å². The highest BCUT2D eigenvalue weighted by Crippen LogP contribution is 2.57. The van der Waals surface area contributed by atoms with Gasteiger partial charge in [-0.3, -0.25) is 14.9 Å². The van der Waals surface area contributed by atoms with Crippen LogP contribution in [-0.4, -0.2) is 28.9 Å². The number of aryl methyl sites for hydroxylation is 1. The number of nitro benzene ring substituents is 1. The Morgan fingerprint density at radius 3 is 2.52 bits per heavy atom. The van der Waals surface area contributed by atoms with Crippen molar-refractivity contribution in [2.24, 2.45) is 11.3 Å². The normalized spacial score (nSPS) is 23.1. The number of hydrogen-bond acceptors (Lipinski definition) is 4. The Balaban J connectivity index is 1.48. The molecule has 6 nitrogen and oxygen atoms in total. The lowest BCUT2D eigenvalue weighted by atomic mass is 9.49. The van der Waals surface area contributed by atoms with Crippen molar-refractivity contribution in [3.05, 3.63) is 105 Å². The molecule has 3 atom stereocenters. The van der Waals surface area contributed by atoms with Gasteiger partial charge in [-0.2, -0.15) is 0 Å². The summed E-state index contributed by atoms with van der Waals surface area (Å²) >= 11 is 0. The maximum Gasteiger partial charge on any atom is 0.270 e. The molecule has 3 aromatic rings. The maximum absolute atomic E-state index is 14.1. The summed E-state index contributed by atoms with van der Waals surface area (Å²) in [7, 11) is 0. The standard InChI is InChI=1S/C36H44N2O4/c1-6-42-31-15-11-26(12-16-31)23-37(34(39)29-9-7-10-30(22-29)38(40)41)24-35(4)19-8-20-36(5)32-17-13-27(25(2)3)21-28(32)14-18-33(35)36/h7,9-13,15-17,21-22,25,33H,6,8,14,18-20,23-24H2,1-5H3. The van der Waals surface area contributed by atoms with Crippen LogP contribution < -0.4 is 4.74 Å². The van der Waals surface area contributed by atoms with Gasteiger partial charge in [-0.25, -0.2) is 0 Å². The summed E-state index contributed by atoms with van der Waals surface area (Å²) in [4.78, 5) is 27.1. The number of benzene rings is 3. The van der Waals surface area contributed by atoms with Crippen LogP contribution in [0.1, 0.15) is 98.8 Å². The smallest absolute Gasteiger partial charge is 0.270 e. The van der Waals surface area contributed by atoms with E-state index in [0.717, 1.165) is 43.4 Å². The molecule has 1 fully saturated rings. The average molecular weight is 569 g/mol. The van der Waals surface area contributed by atoms with Gasteiger partial charge in [0.05, 0.1) is 11.5 Å². The fourth-order valence-electron chi connectivity index (χ4n) is 7.84. The number of carbonyl (C=O) groups is 1. The van der Waals surface area contributed by atoms with E-state index in [1.165, 1.54) is 28.8 Å². The highest BCUT2D eigenvalue weighted by atomic mass is 16.6. The van der Waals surface area contributed by atoms with E-state index in [1.807, 2.05) is 36.1 Å². The average Bonchev–Trinajstić information content (AvgIpc) is 2.97. The summed E-state index contributed by atoms with van der Waals surface area (Å²) in [5.74, 6) is 1.57. The Labute approximate surface area is 250 Å². The van der Waals surface area contributed by atoms with Crippen LogP contribution >= 0.6 is 0 Å². The molecule has 0 saturated heterocycles. The van der Waals surface area contributed by atoms with Crippen LogP contribution in [0.2, 0.25) is 0 Å². The van der Waals surface area contributed by atoms with E-state index in [2.05, 4.69) is 45.9 Å². The molecule has 0 radical (unpaired) electrons. The van der Waals surface area contributed by atoms with Gasteiger partial charge < -0.3 is 9.64 Å². The Hall–Kier alpha value is -3.67. The number of rotatable bonds is 9. The predicted molar refractivity (Wildman–Crippen MR) is 167 cm³/mol. The number of nitrogens with zero attached hydrogens (tertiary/aromatic N) is 2. The first kappa shape index (κ1) is 29.8. The molecule has 2 aliphatic carbocycles. The molecule has 0 N–H and O–H groups in total. The number of ether oxygens (including phenoxy) is 1. The highest BCUT2D eigenvalue weighted by molar-refractivity contribution is 5.94. The van der Waals surface area contributed by atoms with Crippen LogP contribution in [0.3, 0.4) is 0 Å². The van der Waals surface area contributed by atoms with Crippen LogP contribution in [0, 0.1) is 21.4 Å². The molecule has 0 bridgehead atoms. The molecule has 0 spiro atoms. The number of hydrogen-bond donors (Lipinski definition) is 0. The number of carbonyl (C=O) groups excluding carboxylic acids is 1. The summed E-state index contributed by atoms with van der Waals surface area (Å²) in [5, 5.41) is 11.5. The SMILES string of the molecule is CCOc1ccc(CN(CC2(C)CCCC3(C)c4ccc(C(C)C)cc4CCC23)C(=O)c2cccc([N+](=O)[O-])c2)cc1. The summed E-state index contributed by atoms with van der Waals surface area (Å²) in [5.41, 5.74) is 5.63. The molecule has 6 heteroatoms. The largest absolute Gasteiger partial charge is 0.494 e. The first-order valence-corrected chi connectivity index (χ1v) is 15.4. The monoisotopic (exact) mass is 568 g/mol. The molecule has 2 aliphatic rings. The molecular formula is C36H44N2O4. The third-order valence-corrected chi connectivity index (χ3v) is 9.92. The lowest BCUT2D eigenvalue weighted by Gasteiger charge is -2.56. The van der Waals surface area contributed by atoms with Crippen LogP contribution in [0.5, 0.6) is 5.75 Å². The predicted octanol–water partition coefficient (Wildman–Crippen LogP) is 8.47. The van der Waals surface area contributed by atoms with E-state index < -0.39 is 4.92 Å². The van der Waals surface area contributed by atoms with Crippen molar-refractivity contribution >= 4 is 11.6 Å².